The maximum atomic E-state index is 13.8. The van der Waals surface area contributed by atoms with Crippen molar-refractivity contribution in [3.63, 3.8) is 0 Å². The predicted molar refractivity (Wildman–Crippen MR) is 287 cm³/mol. The molecule has 2 aromatic carbocycles. The molecule has 0 unspecified atom stereocenters. The summed E-state index contributed by atoms with van der Waals surface area (Å²) >= 11 is 0. The van der Waals surface area contributed by atoms with Gasteiger partial charge in [0.15, 0.2) is 54.6 Å². The molecule has 4 atom stereocenters. The molecule has 6 aromatic heterocycles. The fourth-order valence-electron chi connectivity index (χ4n) is 9.50. The number of rotatable bonds is 16. The minimum atomic E-state index is -3.92. The van der Waals surface area contributed by atoms with Crippen LogP contribution < -0.4 is 28.7 Å². The first-order chi connectivity index (χ1) is 38.4. The van der Waals surface area contributed by atoms with E-state index in [0.29, 0.717) is 57.4 Å². The van der Waals surface area contributed by atoms with E-state index in [1.54, 1.807) is 57.7 Å². The third kappa shape index (κ3) is 12.3. The van der Waals surface area contributed by atoms with E-state index in [-0.39, 0.29) is 62.6 Å². The van der Waals surface area contributed by atoms with E-state index in [4.69, 9.17) is 18.9 Å². The number of hydrogen-bond donors (Lipinski definition) is 2. The highest BCUT2D eigenvalue weighted by Crippen LogP contribution is 2.39. The van der Waals surface area contributed by atoms with Gasteiger partial charge in [-0.05, 0) is 75.2 Å². The van der Waals surface area contributed by atoms with Crippen LogP contribution >= 0.6 is 0 Å². The fourth-order valence-corrected chi connectivity index (χ4v) is 12.9. The molecule has 0 amide bonds. The first kappa shape index (κ1) is 56.4. The molecule has 8 aromatic rings. The molecule has 0 aliphatic carbocycles. The van der Waals surface area contributed by atoms with Gasteiger partial charge in [0.25, 0.3) is 0 Å². The van der Waals surface area contributed by atoms with Crippen LogP contribution in [0.3, 0.4) is 0 Å². The molecule has 28 heteroatoms. The summed E-state index contributed by atoms with van der Waals surface area (Å²) in [7, 11) is -1.85. The quantitative estimate of drug-likeness (QED) is 0.136. The molecule has 2 aliphatic rings. The summed E-state index contributed by atoms with van der Waals surface area (Å²) in [5.41, 5.74) is 3.30. The van der Waals surface area contributed by atoms with E-state index in [9.17, 15) is 35.8 Å². The van der Waals surface area contributed by atoms with Crippen LogP contribution in [0.25, 0.3) is 34.4 Å². The molecule has 0 radical (unpaired) electrons. The molecule has 24 nitrogen and oxygen atoms in total. The van der Waals surface area contributed by atoms with Gasteiger partial charge in [0.05, 0.1) is 75.9 Å². The minimum Gasteiger partial charge on any atom is -0.494 e. The zero-order valence-corrected chi connectivity index (χ0v) is 45.8. The number of halogens is 2. The molecular weight excluding hydrogens is 1080 g/mol. The van der Waals surface area contributed by atoms with Crippen LogP contribution in [0, 0.1) is 25.5 Å². The summed E-state index contributed by atoms with van der Waals surface area (Å²) in [5, 5.41) is 36.3. The van der Waals surface area contributed by atoms with E-state index in [2.05, 4.69) is 50.3 Å². The standard InChI is InChI=1S/2C26H28FN7O5S/c2*1-16-6-4-7-20(30-16)25-32-31-23(34(25)24-21(38-2)8-5-9-22(24)39-3)15-40(36,37)19-10-18(35)13-33(14-19)26-28-11-17(27)12-29-26/h2*4-9,11-12,18-19,35H,10,13-15H2,1-3H3/t2*18-,19+/m10/s1. The number of para-hydroxylation sites is 2. The molecule has 2 fully saturated rings. The van der Waals surface area contributed by atoms with Crippen molar-refractivity contribution < 1.29 is 54.8 Å². The second-order valence-corrected chi connectivity index (χ2v) is 23.3. The van der Waals surface area contributed by atoms with Gasteiger partial charge in [-0.3, -0.25) is 9.13 Å². The van der Waals surface area contributed by atoms with E-state index >= 15 is 0 Å². The van der Waals surface area contributed by atoms with Crippen LogP contribution in [-0.4, -0.2) is 164 Å². The topological polar surface area (TPSA) is 291 Å². The second-order valence-electron chi connectivity index (χ2n) is 18.8. The summed E-state index contributed by atoms with van der Waals surface area (Å²) in [6.45, 7) is 3.95. The van der Waals surface area contributed by atoms with Crippen molar-refractivity contribution in [1.82, 2.24) is 59.4 Å². The average Bonchev–Trinajstić information content (AvgIpc) is 4.05. The number of aromatic nitrogens is 12. The lowest BCUT2D eigenvalue weighted by Gasteiger charge is -2.35. The Kier molecular flexibility index (Phi) is 16.9. The largest absolute Gasteiger partial charge is 0.494 e. The summed E-state index contributed by atoms with van der Waals surface area (Å²) < 4.78 is 108. The number of pyridine rings is 2. The third-order valence-electron chi connectivity index (χ3n) is 13.2. The Hall–Kier alpha value is -8.34. The van der Waals surface area contributed by atoms with Crippen molar-refractivity contribution in [3.05, 3.63) is 132 Å². The highest BCUT2D eigenvalue weighted by atomic mass is 32.2. The van der Waals surface area contributed by atoms with E-state index in [1.807, 2.05) is 38.1 Å². The lowest BCUT2D eigenvalue weighted by Crippen LogP contribution is -2.49. The summed E-state index contributed by atoms with van der Waals surface area (Å²) in [4.78, 5) is 28.0. The van der Waals surface area contributed by atoms with Gasteiger partial charge in [-0.15, -0.1) is 20.4 Å². The van der Waals surface area contributed by atoms with Crippen molar-refractivity contribution >= 4 is 31.6 Å². The molecule has 8 heterocycles. The van der Waals surface area contributed by atoms with Crippen molar-refractivity contribution in [3.8, 4) is 57.4 Å². The number of hydrogen-bond acceptors (Lipinski definition) is 22. The maximum Gasteiger partial charge on any atom is 0.225 e. The van der Waals surface area contributed by atoms with Crippen LogP contribution in [0.4, 0.5) is 20.7 Å². The molecule has 0 saturated carbocycles. The number of ether oxygens (including phenoxy) is 4. The van der Waals surface area contributed by atoms with Gasteiger partial charge in [0.2, 0.25) is 11.9 Å². The van der Waals surface area contributed by atoms with Crippen molar-refractivity contribution in [2.45, 2.75) is 60.9 Å². The monoisotopic (exact) mass is 1140 g/mol. The van der Waals surface area contributed by atoms with Gasteiger partial charge in [0, 0.05) is 37.6 Å². The number of aliphatic hydroxyl groups is 2. The molecule has 10 rings (SSSR count). The van der Waals surface area contributed by atoms with Crippen LogP contribution in [-0.2, 0) is 31.2 Å². The summed E-state index contributed by atoms with van der Waals surface area (Å²) in [6, 6.07) is 21.2. The van der Waals surface area contributed by atoms with Crippen LogP contribution in [0.5, 0.6) is 23.0 Å². The Morgan fingerprint density at radius 3 is 1.18 bits per heavy atom. The van der Waals surface area contributed by atoms with Crippen LogP contribution in [0.15, 0.2) is 97.6 Å². The highest BCUT2D eigenvalue weighted by Gasteiger charge is 2.40. The Balaban J connectivity index is 0.000000194. The number of sulfone groups is 2. The first-order valence-electron chi connectivity index (χ1n) is 24.8. The van der Waals surface area contributed by atoms with Crippen molar-refractivity contribution in [2.24, 2.45) is 0 Å². The van der Waals surface area contributed by atoms with Crippen molar-refractivity contribution in [2.75, 3.05) is 64.4 Å². The maximum absolute atomic E-state index is 13.8. The molecule has 2 saturated heterocycles. The zero-order valence-electron chi connectivity index (χ0n) is 44.2. The number of piperidine rings is 2. The molecule has 2 N–H and O–H groups in total. The van der Waals surface area contributed by atoms with E-state index in [1.165, 1.54) is 38.2 Å². The zero-order chi connectivity index (χ0) is 56.9. The number of aryl methyl sites for hydroxylation is 2. The second kappa shape index (κ2) is 23.9. The SMILES string of the molecule is COc1cccc(OC)c1-n1c(CS(=O)(=O)[C@@H]2C[C@H](O)CN(c3ncc(F)cn3)C2)nnc1-c1cccc(C)n1.COc1cccc(OC)c1-n1c(CS(=O)(=O)[C@H]2C[C@@H](O)CN(c3ncc(F)cn3)C2)nnc1-c1cccc(C)n1. The smallest absolute Gasteiger partial charge is 0.225 e. The minimum absolute atomic E-state index is 0.0123. The number of aliphatic hydroxyl groups excluding tert-OH is 2. The summed E-state index contributed by atoms with van der Waals surface area (Å²) in [6.07, 6.45) is 2.10. The molecule has 0 bridgehead atoms. The van der Waals surface area contributed by atoms with Gasteiger partial charge in [-0.1, -0.05) is 24.3 Å². The number of nitrogens with zero attached hydrogens (tertiary/aromatic N) is 14. The van der Waals surface area contributed by atoms with Gasteiger partial charge in [-0.2, -0.15) is 0 Å². The van der Waals surface area contributed by atoms with Gasteiger partial charge >= 0.3 is 0 Å². The predicted octanol–water partition coefficient (Wildman–Crippen LogP) is 4.28. The summed E-state index contributed by atoms with van der Waals surface area (Å²) in [5.74, 6) is 0.555. The highest BCUT2D eigenvalue weighted by molar-refractivity contribution is 7.91. The van der Waals surface area contributed by atoms with E-state index in [0.717, 1.165) is 36.2 Å². The molecule has 2 aliphatic heterocycles. The lowest BCUT2D eigenvalue weighted by atomic mass is 10.1. The third-order valence-corrected chi connectivity index (χ3v) is 17.2. The van der Waals surface area contributed by atoms with Gasteiger partial charge < -0.3 is 39.0 Å². The fraction of sp³-hybridized carbons (Fsp3) is 0.346. The Labute approximate surface area is 459 Å². The Bertz CT molecular complexity index is 3420. The normalized spacial score (nSPS) is 17.6. The van der Waals surface area contributed by atoms with Gasteiger partial charge in [-0.25, -0.2) is 55.5 Å². The Morgan fingerprint density at radius 1 is 0.512 bits per heavy atom. The molecule has 80 heavy (non-hydrogen) atoms. The Morgan fingerprint density at radius 2 is 0.850 bits per heavy atom. The van der Waals surface area contributed by atoms with E-state index < -0.39 is 65.5 Å². The van der Waals surface area contributed by atoms with Crippen LogP contribution in [0.1, 0.15) is 35.9 Å². The molecule has 420 valence electrons. The lowest BCUT2D eigenvalue weighted by molar-refractivity contribution is 0.154. The number of benzene rings is 2. The average molecular weight is 1140 g/mol. The number of methoxy groups -OCH3 is 4. The number of anilines is 2. The molecular formula is C52H56F2N14O10S2. The van der Waals surface area contributed by atoms with Crippen molar-refractivity contribution in [1.29, 1.82) is 0 Å². The molecule has 0 spiro atoms. The van der Waals surface area contributed by atoms with Gasteiger partial charge in [0.1, 0.15) is 57.3 Å². The van der Waals surface area contributed by atoms with Crippen LogP contribution in [0.2, 0.25) is 0 Å². The number of β-amino-alcohol motifs (C(OH)–C–C–N with tert-alkyl or cyclic N) is 2. The first-order valence-corrected chi connectivity index (χ1v) is 28.3.